The summed E-state index contributed by atoms with van der Waals surface area (Å²) in [5.41, 5.74) is 2.04. The van der Waals surface area contributed by atoms with Crippen LogP contribution in [0, 0.1) is 5.92 Å². The third-order valence-corrected chi connectivity index (χ3v) is 6.72. The summed E-state index contributed by atoms with van der Waals surface area (Å²) in [6.45, 7) is 2.00. The number of ether oxygens (including phenoxy) is 2. The zero-order valence-electron chi connectivity index (χ0n) is 16.6. The fraction of sp³-hybridized carbons (Fsp3) is 0.381. The SMILES string of the molecule is COc1cc(NS(=O)(=O)c2ccc3c(c2)C[C@@H](C)N3C(=O)C2CC2)cc(OC)c1. The molecule has 1 saturated carbocycles. The molecule has 1 amide bonds. The number of rotatable bonds is 6. The van der Waals surface area contributed by atoms with Crippen LogP contribution in [-0.2, 0) is 21.2 Å². The van der Waals surface area contributed by atoms with Gasteiger partial charge in [0.2, 0.25) is 5.91 Å². The Balaban J connectivity index is 1.62. The molecule has 1 heterocycles. The van der Waals surface area contributed by atoms with Gasteiger partial charge in [0, 0.05) is 35.8 Å². The van der Waals surface area contributed by atoms with E-state index in [2.05, 4.69) is 4.72 Å². The van der Waals surface area contributed by atoms with Crippen LogP contribution < -0.4 is 19.1 Å². The van der Waals surface area contributed by atoms with E-state index in [0.717, 1.165) is 24.1 Å². The van der Waals surface area contributed by atoms with Gasteiger partial charge >= 0.3 is 0 Å². The van der Waals surface area contributed by atoms with Crippen LogP contribution in [0.5, 0.6) is 11.5 Å². The normalized spacial score (nSPS) is 18.3. The summed E-state index contributed by atoms with van der Waals surface area (Å²) in [4.78, 5) is 14.6. The van der Waals surface area contributed by atoms with Crippen LogP contribution in [0.1, 0.15) is 25.3 Å². The Morgan fingerprint density at radius 2 is 1.72 bits per heavy atom. The predicted molar refractivity (Wildman–Crippen MR) is 110 cm³/mol. The van der Waals surface area contributed by atoms with Crippen LogP contribution >= 0.6 is 0 Å². The van der Waals surface area contributed by atoms with Gasteiger partial charge in [0.25, 0.3) is 10.0 Å². The molecule has 1 aliphatic heterocycles. The molecular formula is C21H24N2O5S. The first-order valence-corrected chi connectivity index (χ1v) is 11.0. The minimum absolute atomic E-state index is 0.0339. The molecule has 0 saturated heterocycles. The molecule has 7 nitrogen and oxygen atoms in total. The molecule has 4 rings (SSSR count). The Bertz CT molecular complexity index is 1040. The molecule has 0 radical (unpaired) electrons. The average Bonchev–Trinajstić information content (AvgIpc) is 3.48. The molecular weight excluding hydrogens is 392 g/mol. The Hall–Kier alpha value is -2.74. The van der Waals surface area contributed by atoms with Crippen molar-refractivity contribution in [2.75, 3.05) is 23.8 Å². The highest BCUT2D eigenvalue weighted by molar-refractivity contribution is 7.92. The summed E-state index contributed by atoms with van der Waals surface area (Å²) in [7, 11) is -0.802. The first-order valence-electron chi connectivity index (χ1n) is 9.54. The van der Waals surface area contributed by atoms with Gasteiger partial charge in [0.15, 0.2) is 0 Å². The minimum atomic E-state index is -3.81. The lowest BCUT2D eigenvalue weighted by molar-refractivity contribution is -0.120. The molecule has 0 aromatic heterocycles. The standard InChI is InChI=1S/C21H24N2O5S/c1-13-8-15-9-19(6-7-20(15)23(13)21(24)14-4-5-14)29(25,26)22-16-10-17(27-2)12-18(11-16)28-3/h6-7,9-14,22H,4-5,8H2,1-3H3/t13-/m1/s1. The van der Waals surface area contributed by atoms with E-state index in [9.17, 15) is 13.2 Å². The van der Waals surface area contributed by atoms with Crippen molar-refractivity contribution >= 4 is 27.3 Å². The second-order valence-electron chi connectivity index (χ2n) is 7.53. The van der Waals surface area contributed by atoms with E-state index in [0.29, 0.717) is 23.6 Å². The van der Waals surface area contributed by atoms with Crippen LogP contribution in [0.25, 0.3) is 0 Å². The van der Waals surface area contributed by atoms with Crippen molar-refractivity contribution in [2.45, 2.75) is 37.1 Å². The number of nitrogens with zero attached hydrogens (tertiary/aromatic N) is 1. The van der Waals surface area contributed by atoms with Gasteiger partial charge in [-0.05, 0) is 49.9 Å². The number of amides is 1. The van der Waals surface area contributed by atoms with Crippen molar-refractivity contribution in [1.29, 1.82) is 0 Å². The predicted octanol–water partition coefficient (Wildman–Crippen LogP) is 3.19. The highest BCUT2D eigenvalue weighted by Gasteiger charge is 2.39. The quantitative estimate of drug-likeness (QED) is 0.782. The summed E-state index contributed by atoms with van der Waals surface area (Å²) in [5.74, 6) is 1.24. The summed E-state index contributed by atoms with van der Waals surface area (Å²) in [6, 6.07) is 9.82. The Morgan fingerprint density at radius 1 is 1.07 bits per heavy atom. The molecule has 0 unspecified atom stereocenters. The maximum absolute atomic E-state index is 12.9. The number of nitrogens with one attached hydrogen (secondary N) is 1. The van der Waals surface area contributed by atoms with Gasteiger partial charge in [-0.25, -0.2) is 8.42 Å². The first-order chi connectivity index (χ1) is 13.8. The number of anilines is 2. The van der Waals surface area contributed by atoms with Gasteiger partial charge in [0.05, 0.1) is 24.8 Å². The van der Waals surface area contributed by atoms with Crippen molar-refractivity contribution in [3.63, 3.8) is 0 Å². The van der Waals surface area contributed by atoms with Crippen molar-refractivity contribution in [1.82, 2.24) is 0 Å². The monoisotopic (exact) mass is 416 g/mol. The van der Waals surface area contributed by atoms with E-state index >= 15 is 0 Å². The molecule has 1 atom stereocenters. The largest absolute Gasteiger partial charge is 0.497 e. The molecule has 29 heavy (non-hydrogen) atoms. The van der Waals surface area contributed by atoms with Gasteiger partial charge < -0.3 is 14.4 Å². The van der Waals surface area contributed by atoms with Crippen molar-refractivity contribution in [3.8, 4) is 11.5 Å². The summed E-state index contributed by atoms with van der Waals surface area (Å²) < 4.78 is 38.9. The summed E-state index contributed by atoms with van der Waals surface area (Å²) in [5, 5.41) is 0. The van der Waals surface area contributed by atoms with E-state index in [1.54, 1.807) is 36.4 Å². The van der Waals surface area contributed by atoms with Crippen LogP contribution in [0.4, 0.5) is 11.4 Å². The number of sulfonamides is 1. The minimum Gasteiger partial charge on any atom is -0.497 e. The van der Waals surface area contributed by atoms with Crippen molar-refractivity contribution in [2.24, 2.45) is 5.92 Å². The second kappa shape index (κ2) is 7.26. The zero-order valence-corrected chi connectivity index (χ0v) is 17.5. The summed E-state index contributed by atoms with van der Waals surface area (Å²) in [6.07, 6.45) is 2.53. The molecule has 2 aliphatic rings. The van der Waals surface area contributed by atoms with E-state index in [1.165, 1.54) is 14.2 Å². The molecule has 154 valence electrons. The number of carbonyl (C=O) groups excluding carboxylic acids is 1. The lowest BCUT2D eigenvalue weighted by atomic mass is 10.1. The number of benzene rings is 2. The van der Waals surface area contributed by atoms with Gasteiger partial charge in [-0.2, -0.15) is 0 Å². The van der Waals surface area contributed by atoms with Crippen LogP contribution in [0.2, 0.25) is 0 Å². The van der Waals surface area contributed by atoms with Crippen molar-refractivity contribution in [3.05, 3.63) is 42.0 Å². The van der Waals surface area contributed by atoms with Gasteiger partial charge in [-0.1, -0.05) is 0 Å². The Morgan fingerprint density at radius 3 is 2.31 bits per heavy atom. The van der Waals surface area contributed by atoms with Crippen LogP contribution in [0.3, 0.4) is 0 Å². The van der Waals surface area contributed by atoms with E-state index in [1.807, 2.05) is 11.8 Å². The molecule has 1 fully saturated rings. The number of methoxy groups -OCH3 is 2. The van der Waals surface area contributed by atoms with Gasteiger partial charge in [0.1, 0.15) is 11.5 Å². The van der Waals surface area contributed by atoms with E-state index < -0.39 is 10.0 Å². The van der Waals surface area contributed by atoms with E-state index in [4.69, 9.17) is 9.47 Å². The Kier molecular flexibility index (Phi) is 4.90. The number of hydrogen-bond donors (Lipinski definition) is 1. The first kappa shape index (κ1) is 19.6. The Labute approximate surface area is 170 Å². The summed E-state index contributed by atoms with van der Waals surface area (Å²) >= 11 is 0. The molecule has 0 bridgehead atoms. The van der Waals surface area contributed by atoms with Gasteiger partial charge in [-0.15, -0.1) is 0 Å². The molecule has 2 aromatic rings. The third-order valence-electron chi connectivity index (χ3n) is 5.34. The highest BCUT2D eigenvalue weighted by atomic mass is 32.2. The molecule has 8 heteroatoms. The van der Waals surface area contributed by atoms with Crippen LogP contribution in [0.15, 0.2) is 41.3 Å². The lowest BCUT2D eigenvalue weighted by Crippen LogP contribution is -2.36. The second-order valence-corrected chi connectivity index (χ2v) is 9.22. The van der Waals surface area contributed by atoms with Crippen molar-refractivity contribution < 1.29 is 22.7 Å². The third kappa shape index (κ3) is 3.76. The van der Waals surface area contributed by atoms with E-state index in [-0.39, 0.29) is 22.8 Å². The molecule has 1 N–H and O–H groups in total. The van der Waals surface area contributed by atoms with Gasteiger partial charge in [-0.3, -0.25) is 9.52 Å². The van der Waals surface area contributed by atoms with Crippen LogP contribution in [-0.4, -0.2) is 34.6 Å². The maximum Gasteiger partial charge on any atom is 0.261 e. The maximum atomic E-state index is 12.9. The lowest BCUT2D eigenvalue weighted by Gasteiger charge is -2.22. The highest BCUT2D eigenvalue weighted by Crippen LogP contribution is 2.39. The topological polar surface area (TPSA) is 84.9 Å². The zero-order chi connectivity index (χ0) is 20.8. The molecule has 0 spiro atoms. The number of fused-ring (bicyclic) bond motifs is 1. The molecule has 2 aromatic carbocycles. The smallest absolute Gasteiger partial charge is 0.261 e. The number of carbonyl (C=O) groups is 1. The average molecular weight is 416 g/mol. The molecule has 1 aliphatic carbocycles. The fourth-order valence-electron chi connectivity index (χ4n) is 3.72. The fourth-order valence-corrected chi connectivity index (χ4v) is 4.81. The number of hydrogen-bond acceptors (Lipinski definition) is 5.